The second-order valence-electron chi connectivity index (χ2n) is 5.44. The predicted molar refractivity (Wildman–Crippen MR) is 99.1 cm³/mol. The van der Waals surface area contributed by atoms with Crippen molar-refractivity contribution in [1.82, 2.24) is 4.98 Å². The molecule has 5 nitrogen and oxygen atoms in total. The van der Waals surface area contributed by atoms with Crippen LogP contribution in [0.3, 0.4) is 0 Å². The Bertz CT molecular complexity index is 926. The highest BCUT2D eigenvalue weighted by Crippen LogP contribution is 2.36. The van der Waals surface area contributed by atoms with E-state index < -0.39 is 17.8 Å². The van der Waals surface area contributed by atoms with Crippen molar-refractivity contribution in [2.24, 2.45) is 0 Å². The van der Waals surface area contributed by atoms with Gasteiger partial charge in [-0.3, -0.25) is 0 Å². The second-order valence-corrected chi connectivity index (χ2v) is 6.30. The summed E-state index contributed by atoms with van der Waals surface area (Å²) in [7, 11) is 0. The van der Waals surface area contributed by atoms with Crippen molar-refractivity contribution in [3.05, 3.63) is 71.0 Å². The van der Waals surface area contributed by atoms with Gasteiger partial charge in [-0.15, -0.1) is 0 Å². The highest BCUT2D eigenvalue weighted by atomic mass is 79.9. The van der Waals surface area contributed by atoms with Crippen molar-refractivity contribution in [2.45, 2.75) is 6.18 Å². The minimum Gasteiger partial charge on any atom is -0.456 e. The van der Waals surface area contributed by atoms with Crippen LogP contribution in [0, 0.1) is 0 Å². The first-order chi connectivity index (χ1) is 12.8. The topological polar surface area (TPSA) is 66.1 Å². The van der Waals surface area contributed by atoms with Crippen LogP contribution in [0.5, 0.6) is 11.5 Å². The molecule has 1 heterocycles. The number of urea groups is 1. The molecule has 9 heteroatoms. The average Bonchev–Trinajstić information content (AvgIpc) is 3.10. The summed E-state index contributed by atoms with van der Waals surface area (Å²) in [6, 6.07) is 11.1. The first-order valence-corrected chi connectivity index (χ1v) is 8.46. The number of halogens is 4. The van der Waals surface area contributed by atoms with Crippen molar-refractivity contribution >= 4 is 33.3 Å². The Kier molecular flexibility index (Phi) is 5.41. The van der Waals surface area contributed by atoms with Gasteiger partial charge in [0.25, 0.3) is 0 Å². The van der Waals surface area contributed by atoms with E-state index in [-0.39, 0.29) is 10.2 Å². The number of aromatic nitrogens is 1. The van der Waals surface area contributed by atoms with E-state index >= 15 is 0 Å². The van der Waals surface area contributed by atoms with Crippen LogP contribution in [-0.2, 0) is 6.18 Å². The molecule has 0 bridgehead atoms. The lowest BCUT2D eigenvalue weighted by Crippen LogP contribution is -2.19. The standard InChI is InChI=1S/C18H13BrF3N3O2/c19-16-6-3-12(9-15(16)18(20,21)22)25-17(26)24-11-1-4-13(5-2-11)27-14-7-8-23-10-14/h1-10,23H,(H2,24,25,26). The van der Waals surface area contributed by atoms with Gasteiger partial charge in [-0.25, -0.2) is 4.79 Å². The highest BCUT2D eigenvalue weighted by molar-refractivity contribution is 9.10. The van der Waals surface area contributed by atoms with E-state index in [0.717, 1.165) is 6.07 Å². The molecule has 2 amide bonds. The number of ether oxygens (including phenoxy) is 1. The molecule has 3 aromatic rings. The SMILES string of the molecule is O=C(Nc1ccc(Oc2cc[nH]c2)cc1)Nc1ccc(Br)c(C(F)(F)F)c1. The summed E-state index contributed by atoms with van der Waals surface area (Å²) in [5.74, 6) is 1.22. The van der Waals surface area contributed by atoms with Crippen molar-refractivity contribution in [1.29, 1.82) is 0 Å². The van der Waals surface area contributed by atoms with Crippen molar-refractivity contribution in [3.63, 3.8) is 0 Å². The minimum absolute atomic E-state index is 0.0236. The molecule has 0 saturated carbocycles. The van der Waals surface area contributed by atoms with Crippen molar-refractivity contribution in [2.75, 3.05) is 10.6 Å². The fourth-order valence-electron chi connectivity index (χ4n) is 2.23. The molecule has 3 N–H and O–H groups in total. The third-order valence-corrected chi connectivity index (χ3v) is 4.14. The van der Waals surface area contributed by atoms with Gasteiger partial charge in [-0.1, -0.05) is 15.9 Å². The number of carbonyl (C=O) groups is 1. The van der Waals surface area contributed by atoms with Gasteiger partial charge in [0.1, 0.15) is 11.5 Å². The number of H-pyrrole nitrogens is 1. The lowest BCUT2D eigenvalue weighted by Gasteiger charge is -2.12. The molecule has 0 fully saturated rings. The molecule has 0 aliphatic rings. The molecule has 0 radical (unpaired) electrons. The highest BCUT2D eigenvalue weighted by Gasteiger charge is 2.33. The summed E-state index contributed by atoms with van der Waals surface area (Å²) in [4.78, 5) is 14.9. The summed E-state index contributed by atoms with van der Waals surface area (Å²) in [6.45, 7) is 0. The van der Waals surface area contributed by atoms with Crippen LogP contribution in [-0.4, -0.2) is 11.0 Å². The van der Waals surface area contributed by atoms with Gasteiger partial charge < -0.3 is 20.4 Å². The number of amides is 2. The number of anilines is 2. The van der Waals surface area contributed by atoms with E-state index in [4.69, 9.17) is 4.74 Å². The van der Waals surface area contributed by atoms with Crippen LogP contribution >= 0.6 is 15.9 Å². The predicted octanol–water partition coefficient (Wildman–Crippen LogP) is 6.23. The number of benzene rings is 2. The maximum absolute atomic E-state index is 12.9. The molecule has 0 aliphatic heterocycles. The molecule has 3 rings (SSSR count). The van der Waals surface area contributed by atoms with E-state index in [2.05, 4.69) is 31.5 Å². The number of rotatable bonds is 4. The number of nitrogens with one attached hydrogen (secondary N) is 3. The smallest absolute Gasteiger partial charge is 0.417 e. The lowest BCUT2D eigenvalue weighted by molar-refractivity contribution is -0.138. The average molecular weight is 440 g/mol. The quantitative estimate of drug-likeness (QED) is 0.450. The molecular formula is C18H13BrF3N3O2. The van der Waals surface area contributed by atoms with Gasteiger partial charge in [-0.2, -0.15) is 13.2 Å². The molecule has 0 spiro atoms. The van der Waals surface area contributed by atoms with Crippen LogP contribution in [0.1, 0.15) is 5.56 Å². The third kappa shape index (κ3) is 5.04. The largest absolute Gasteiger partial charge is 0.456 e. The van der Waals surface area contributed by atoms with Crippen molar-refractivity contribution < 1.29 is 22.7 Å². The number of alkyl halides is 3. The second kappa shape index (κ2) is 7.75. The molecular weight excluding hydrogens is 427 g/mol. The van der Waals surface area contributed by atoms with E-state index in [1.54, 1.807) is 42.7 Å². The zero-order valence-corrected chi connectivity index (χ0v) is 15.2. The Morgan fingerprint density at radius 3 is 2.26 bits per heavy atom. The molecule has 0 saturated heterocycles. The minimum atomic E-state index is -4.53. The number of hydrogen-bond acceptors (Lipinski definition) is 2. The maximum Gasteiger partial charge on any atom is 0.417 e. The van der Waals surface area contributed by atoms with Gasteiger partial charge in [0.2, 0.25) is 0 Å². The molecule has 0 unspecified atom stereocenters. The van der Waals surface area contributed by atoms with Crippen molar-refractivity contribution in [3.8, 4) is 11.5 Å². The molecule has 1 aromatic heterocycles. The molecule has 27 heavy (non-hydrogen) atoms. The summed E-state index contributed by atoms with van der Waals surface area (Å²) in [6.07, 6.45) is -1.11. The zero-order chi connectivity index (χ0) is 19.4. The zero-order valence-electron chi connectivity index (χ0n) is 13.6. The van der Waals surface area contributed by atoms with E-state index in [0.29, 0.717) is 17.2 Å². The van der Waals surface area contributed by atoms with Gasteiger partial charge in [-0.05, 0) is 48.5 Å². The fraction of sp³-hybridized carbons (Fsp3) is 0.0556. The first-order valence-electron chi connectivity index (χ1n) is 7.67. The first kappa shape index (κ1) is 18.8. The van der Waals surface area contributed by atoms with Crippen LogP contribution in [0.4, 0.5) is 29.3 Å². The number of hydrogen-bond donors (Lipinski definition) is 3. The molecule has 140 valence electrons. The van der Waals surface area contributed by atoms with E-state index in [1.807, 2.05) is 0 Å². The Hall–Kier alpha value is -2.94. The summed E-state index contributed by atoms with van der Waals surface area (Å²) < 4.78 is 44.2. The van der Waals surface area contributed by atoms with Crippen LogP contribution in [0.25, 0.3) is 0 Å². The van der Waals surface area contributed by atoms with E-state index in [9.17, 15) is 18.0 Å². The Labute approximate surface area is 160 Å². The van der Waals surface area contributed by atoms with E-state index in [1.165, 1.54) is 12.1 Å². The number of carbonyl (C=O) groups excluding carboxylic acids is 1. The molecule has 2 aromatic carbocycles. The summed E-state index contributed by atoms with van der Waals surface area (Å²) >= 11 is 2.85. The Morgan fingerprint density at radius 2 is 1.63 bits per heavy atom. The third-order valence-electron chi connectivity index (χ3n) is 3.45. The maximum atomic E-state index is 12.9. The molecule has 0 aliphatic carbocycles. The van der Waals surface area contributed by atoms with Crippen LogP contribution in [0.2, 0.25) is 0 Å². The van der Waals surface area contributed by atoms with Gasteiger partial charge in [0.15, 0.2) is 0 Å². The van der Waals surface area contributed by atoms with Gasteiger partial charge >= 0.3 is 12.2 Å². The Balaban J connectivity index is 1.62. The summed E-state index contributed by atoms with van der Waals surface area (Å²) in [5.41, 5.74) is -0.385. The molecule has 0 atom stereocenters. The number of aromatic amines is 1. The lowest BCUT2D eigenvalue weighted by atomic mass is 10.2. The van der Waals surface area contributed by atoms with Crippen LogP contribution < -0.4 is 15.4 Å². The normalized spacial score (nSPS) is 11.1. The van der Waals surface area contributed by atoms with Crippen LogP contribution in [0.15, 0.2) is 65.4 Å². The Morgan fingerprint density at radius 1 is 0.963 bits per heavy atom. The van der Waals surface area contributed by atoms with Gasteiger partial charge in [0, 0.05) is 28.2 Å². The monoisotopic (exact) mass is 439 g/mol. The fourth-order valence-corrected chi connectivity index (χ4v) is 2.70. The summed E-state index contributed by atoms with van der Waals surface area (Å²) in [5, 5.41) is 4.92. The van der Waals surface area contributed by atoms with Gasteiger partial charge in [0.05, 0.1) is 5.56 Å².